The van der Waals surface area contributed by atoms with Gasteiger partial charge < -0.3 is 10.6 Å². The van der Waals surface area contributed by atoms with E-state index < -0.39 is 0 Å². The zero-order valence-electron chi connectivity index (χ0n) is 14.2. The molecule has 0 aromatic rings. The van der Waals surface area contributed by atoms with Crippen molar-refractivity contribution in [1.29, 1.82) is 0 Å². The predicted molar refractivity (Wildman–Crippen MR) is 88.3 cm³/mol. The van der Waals surface area contributed by atoms with Crippen LogP contribution in [0.2, 0.25) is 0 Å². The van der Waals surface area contributed by atoms with Crippen LogP contribution in [0.5, 0.6) is 0 Å². The molecule has 0 spiro atoms. The van der Waals surface area contributed by atoms with Gasteiger partial charge in [-0.15, -0.1) is 0 Å². The predicted octanol–water partition coefficient (Wildman–Crippen LogP) is 2.46. The van der Waals surface area contributed by atoms with Crippen LogP contribution in [-0.2, 0) is 0 Å². The van der Waals surface area contributed by atoms with E-state index in [1.54, 1.807) is 0 Å². The first kappa shape index (κ1) is 17.3. The van der Waals surface area contributed by atoms with Crippen LogP contribution in [0.4, 0.5) is 0 Å². The molecule has 2 atom stereocenters. The third-order valence-electron chi connectivity index (χ3n) is 4.12. The summed E-state index contributed by atoms with van der Waals surface area (Å²) in [6, 6.07) is 1.82. The van der Waals surface area contributed by atoms with Crippen molar-refractivity contribution in [3.63, 3.8) is 0 Å². The molecule has 0 aromatic heterocycles. The Bertz CT molecular complexity index is 291. The van der Waals surface area contributed by atoms with E-state index in [0.717, 1.165) is 25.0 Å². The summed E-state index contributed by atoms with van der Waals surface area (Å²) in [5, 5.41) is 6.97. The lowest BCUT2D eigenvalue weighted by Gasteiger charge is -2.30. The average Bonchev–Trinajstić information content (AvgIpc) is 3.10. The van der Waals surface area contributed by atoms with E-state index in [9.17, 15) is 0 Å². The van der Waals surface area contributed by atoms with E-state index in [1.807, 2.05) is 7.05 Å². The van der Waals surface area contributed by atoms with Gasteiger partial charge in [-0.2, -0.15) is 0 Å². The molecule has 20 heavy (non-hydrogen) atoms. The molecule has 4 nitrogen and oxygen atoms in total. The van der Waals surface area contributed by atoms with Crippen molar-refractivity contribution >= 4 is 5.96 Å². The summed E-state index contributed by atoms with van der Waals surface area (Å²) >= 11 is 0. The number of nitrogens with zero attached hydrogens (tertiary/aromatic N) is 2. The first-order valence-corrected chi connectivity index (χ1v) is 8.22. The second-order valence-corrected chi connectivity index (χ2v) is 6.46. The molecule has 118 valence electrons. The third-order valence-corrected chi connectivity index (χ3v) is 4.12. The van der Waals surface area contributed by atoms with Gasteiger partial charge in [0, 0.05) is 38.3 Å². The van der Waals surface area contributed by atoms with Crippen molar-refractivity contribution in [3.8, 4) is 0 Å². The highest BCUT2D eigenvalue weighted by atomic mass is 15.2. The van der Waals surface area contributed by atoms with Crippen LogP contribution in [0.3, 0.4) is 0 Å². The Balaban J connectivity index is 2.25. The lowest BCUT2D eigenvalue weighted by Crippen LogP contribution is -2.45. The minimum absolute atomic E-state index is 0.587. The summed E-state index contributed by atoms with van der Waals surface area (Å²) in [5.41, 5.74) is 0. The molecule has 1 aliphatic carbocycles. The molecule has 0 aliphatic heterocycles. The highest BCUT2D eigenvalue weighted by Crippen LogP contribution is 2.34. The van der Waals surface area contributed by atoms with Gasteiger partial charge in [-0.1, -0.05) is 13.3 Å². The van der Waals surface area contributed by atoms with Gasteiger partial charge in [0.25, 0.3) is 0 Å². The van der Waals surface area contributed by atoms with E-state index in [-0.39, 0.29) is 0 Å². The number of nitrogens with one attached hydrogen (secondary N) is 2. The van der Waals surface area contributed by atoms with E-state index in [4.69, 9.17) is 0 Å². The number of aliphatic imine (C=N–C) groups is 1. The normalized spacial score (nSPS) is 22.8. The van der Waals surface area contributed by atoms with Gasteiger partial charge in [0.1, 0.15) is 0 Å². The molecule has 0 bridgehead atoms. The van der Waals surface area contributed by atoms with E-state index in [1.165, 1.54) is 19.3 Å². The van der Waals surface area contributed by atoms with Gasteiger partial charge in [0.05, 0.1) is 0 Å². The number of guanidine groups is 1. The maximum atomic E-state index is 4.33. The van der Waals surface area contributed by atoms with Crippen molar-refractivity contribution in [2.24, 2.45) is 10.9 Å². The lowest BCUT2D eigenvalue weighted by molar-refractivity contribution is 0.178. The lowest BCUT2D eigenvalue weighted by atomic mass is 10.2. The van der Waals surface area contributed by atoms with Crippen LogP contribution in [-0.4, -0.2) is 49.1 Å². The monoisotopic (exact) mass is 282 g/mol. The number of rotatable bonds is 8. The van der Waals surface area contributed by atoms with Gasteiger partial charge >= 0.3 is 0 Å². The van der Waals surface area contributed by atoms with E-state index in [0.29, 0.717) is 18.1 Å². The number of hydrogen-bond acceptors (Lipinski definition) is 2. The van der Waals surface area contributed by atoms with Crippen LogP contribution in [0.1, 0.15) is 53.9 Å². The smallest absolute Gasteiger partial charge is 0.191 e. The topological polar surface area (TPSA) is 39.7 Å². The Morgan fingerprint density at radius 2 is 1.90 bits per heavy atom. The Hall–Kier alpha value is -0.770. The molecule has 0 amide bonds. The second-order valence-electron chi connectivity index (χ2n) is 6.46. The van der Waals surface area contributed by atoms with Crippen LogP contribution in [0.25, 0.3) is 0 Å². The van der Waals surface area contributed by atoms with Gasteiger partial charge in [-0.05, 0) is 46.5 Å². The second kappa shape index (κ2) is 8.50. The van der Waals surface area contributed by atoms with Crippen LogP contribution < -0.4 is 10.6 Å². The summed E-state index contributed by atoms with van der Waals surface area (Å²) in [6.45, 7) is 13.3. The summed E-state index contributed by atoms with van der Waals surface area (Å²) in [7, 11) is 1.86. The van der Waals surface area contributed by atoms with Crippen molar-refractivity contribution in [2.75, 3.05) is 20.1 Å². The van der Waals surface area contributed by atoms with Crippen molar-refractivity contribution in [2.45, 2.75) is 72.0 Å². The third kappa shape index (κ3) is 5.70. The van der Waals surface area contributed by atoms with Gasteiger partial charge in [-0.3, -0.25) is 9.89 Å². The van der Waals surface area contributed by atoms with Gasteiger partial charge in [0.15, 0.2) is 5.96 Å². The molecular formula is C16H34N4. The quantitative estimate of drug-likeness (QED) is 0.531. The maximum Gasteiger partial charge on any atom is 0.191 e. The Labute approximate surface area is 125 Å². The zero-order chi connectivity index (χ0) is 15.1. The molecule has 2 unspecified atom stereocenters. The van der Waals surface area contributed by atoms with Crippen LogP contribution in [0, 0.1) is 5.92 Å². The van der Waals surface area contributed by atoms with Crippen molar-refractivity contribution in [1.82, 2.24) is 15.5 Å². The molecular weight excluding hydrogens is 248 g/mol. The molecule has 2 N–H and O–H groups in total. The van der Waals surface area contributed by atoms with Crippen LogP contribution >= 0.6 is 0 Å². The van der Waals surface area contributed by atoms with E-state index in [2.05, 4.69) is 55.1 Å². The minimum Gasteiger partial charge on any atom is -0.355 e. The summed E-state index contributed by atoms with van der Waals surface area (Å²) in [5.74, 6) is 1.82. The Morgan fingerprint density at radius 3 is 2.40 bits per heavy atom. The SMILES string of the molecule is CCCC1CC1NC(=NC)NCCN(C(C)C)C(C)C. The van der Waals surface area contributed by atoms with Gasteiger partial charge in [0.2, 0.25) is 0 Å². The largest absolute Gasteiger partial charge is 0.355 e. The first-order chi connectivity index (χ1) is 9.49. The molecule has 1 aliphatic rings. The maximum absolute atomic E-state index is 4.33. The van der Waals surface area contributed by atoms with Crippen molar-refractivity contribution < 1.29 is 0 Å². The molecule has 0 aromatic carbocycles. The first-order valence-electron chi connectivity index (χ1n) is 8.22. The Morgan fingerprint density at radius 1 is 1.25 bits per heavy atom. The molecule has 1 fully saturated rings. The zero-order valence-corrected chi connectivity index (χ0v) is 14.2. The molecule has 4 heteroatoms. The average molecular weight is 282 g/mol. The van der Waals surface area contributed by atoms with E-state index >= 15 is 0 Å². The molecule has 0 radical (unpaired) electrons. The standard InChI is InChI=1S/C16H34N4/c1-7-8-14-11-15(14)19-16(17-6)18-9-10-20(12(2)3)13(4)5/h12-15H,7-11H2,1-6H3,(H2,17,18,19). The summed E-state index contributed by atoms with van der Waals surface area (Å²) in [4.78, 5) is 6.82. The fourth-order valence-electron chi connectivity index (χ4n) is 2.90. The van der Waals surface area contributed by atoms with Crippen LogP contribution in [0.15, 0.2) is 4.99 Å². The fraction of sp³-hybridized carbons (Fsp3) is 0.938. The number of hydrogen-bond donors (Lipinski definition) is 2. The minimum atomic E-state index is 0.587. The molecule has 0 heterocycles. The molecule has 1 saturated carbocycles. The summed E-state index contributed by atoms with van der Waals surface area (Å²) in [6.07, 6.45) is 3.93. The Kier molecular flexibility index (Phi) is 7.35. The van der Waals surface area contributed by atoms with Gasteiger partial charge in [-0.25, -0.2) is 0 Å². The fourth-order valence-corrected chi connectivity index (χ4v) is 2.90. The molecule has 0 saturated heterocycles. The molecule has 1 rings (SSSR count). The van der Waals surface area contributed by atoms with Crippen molar-refractivity contribution in [3.05, 3.63) is 0 Å². The summed E-state index contributed by atoms with van der Waals surface area (Å²) < 4.78 is 0. The highest BCUT2D eigenvalue weighted by molar-refractivity contribution is 5.80. The highest BCUT2D eigenvalue weighted by Gasteiger charge is 2.36.